The Bertz CT molecular complexity index is 634. The average molecular weight is 355 g/mol. The molecule has 132 valence electrons. The zero-order valence-electron chi connectivity index (χ0n) is 14.7. The molecule has 1 saturated heterocycles. The van der Waals surface area contributed by atoms with Gasteiger partial charge in [0, 0.05) is 32.7 Å². The van der Waals surface area contributed by atoms with E-state index in [4.69, 9.17) is 0 Å². The van der Waals surface area contributed by atoms with Gasteiger partial charge in [-0.25, -0.2) is 0 Å². The maximum atomic E-state index is 10.2. The van der Waals surface area contributed by atoms with Crippen LogP contribution in [0.3, 0.4) is 0 Å². The van der Waals surface area contributed by atoms with E-state index in [1.807, 2.05) is 36.4 Å². The van der Waals surface area contributed by atoms with Crippen LogP contribution in [0.2, 0.25) is 0 Å². The van der Waals surface area contributed by atoms with Crippen molar-refractivity contribution in [3.05, 3.63) is 71.8 Å². The molecule has 0 saturated carbocycles. The third-order valence-corrected chi connectivity index (χ3v) is 5.12. The molecule has 0 unspecified atom stereocenters. The molecule has 0 N–H and O–H groups in total. The molecule has 0 aromatic heterocycles. The fourth-order valence-corrected chi connectivity index (χ4v) is 3.48. The van der Waals surface area contributed by atoms with E-state index in [9.17, 15) is 5.26 Å². The second kappa shape index (κ2) is 9.01. The van der Waals surface area contributed by atoms with Crippen LogP contribution in [0.4, 0.5) is 0 Å². The lowest BCUT2D eigenvalue weighted by atomic mass is 9.73. The van der Waals surface area contributed by atoms with Gasteiger partial charge in [0.25, 0.3) is 0 Å². The van der Waals surface area contributed by atoms with E-state index in [1.165, 1.54) is 0 Å². The SMILES string of the molecule is CN1CCN(CCC(C#N)(c2ccccc2)c2ccccc2)CC1.[Cl-]. The summed E-state index contributed by atoms with van der Waals surface area (Å²) >= 11 is 0. The molecular weight excluding hydrogens is 330 g/mol. The van der Waals surface area contributed by atoms with Crippen LogP contribution in [-0.2, 0) is 5.41 Å². The summed E-state index contributed by atoms with van der Waals surface area (Å²) in [5, 5.41) is 10.2. The first-order valence-electron chi connectivity index (χ1n) is 8.68. The lowest BCUT2D eigenvalue weighted by Gasteiger charge is -2.35. The first-order valence-corrected chi connectivity index (χ1v) is 8.68. The van der Waals surface area contributed by atoms with Gasteiger partial charge >= 0.3 is 0 Å². The van der Waals surface area contributed by atoms with Gasteiger partial charge in [-0.05, 0) is 24.6 Å². The Morgan fingerprint density at radius 2 is 1.36 bits per heavy atom. The van der Waals surface area contributed by atoms with Crippen LogP contribution in [0.5, 0.6) is 0 Å². The molecule has 1 aliphatic heterocycles. The summed E-state index contributed by atoms with van der Waals surface area (Å²) in [5.74, 6) is 0. The van der Waals surface area contributed by atoms with Gasteiger partial charge < -0.3 is 22.2 Å². The van der Waals surface area contributed by atoms with Crippen molar-refractivity contribution in [2.75, 3.05) is 39.8 Å². The molecule has 2 aromatic carbocycles. The summed E-state index contributed by atoms with van der Waals surface area (Å²) in [4.78, 5) is 4.85. The molecule has 1 aliphatic rings. The van der Waals surface area contributed by atoms with Crippen molar-refractivity contribution in [2.24, 2.45) is 0 Å². The van der Waals surface area contributed by atoms with Gasteiger partial charge in [-0.1, -0.05) is 60.7 Å². The maximum Gasteiger partial charge on any atom is 0.108 e. The second-order valence-corrected chi connectivity index (χ2v) is 6.64. The standard InChI is InChI=1S/C21H25N3.ClH/c1-23-14-16-24(17-15-23)13-12-21(18-22,19-8-4-2-5-9-19)20-10-6-3-7-11-20;/h2-11H,12-17H2,1H3;1H/p-1. The maximum absolute atomic E-state index is 10.2. The molecule has 0 bridgehead atoms. The Labute approximate surface area is 157 Å². The van der Waals surface area contributed by atoms with Crippen LogP contribution < -0.4 is 12.4 Å². The number of rotatable bonds is 5. The van der Waals surface area contributed by atoms with Crippen LogP contribution >= 0.6 is 0 Å². The molecule has 0 spiro atoms. The number of hydrogen-bond acceptors (Lipinski definition) is 3. The fraction of sp³-hybridized carbons (Fsp3) is 0.381. The second-order valence-electron chi connectivity index (χ2n) is 6.64. The summed E-state index contributed by atoms with van der Waals surface area (Å²) in [7, 11) is 2.17. The van der Waals surface area contributed by atoms with Crippen molar-refractivity contribution in [3.63, 3.8) is 0 Å². The first kappa shape index (κ1) is 19.5. The topological polar surface area (TPSA) is 30.3 Å². The van der Waals surface area contributed by atoms with Gasteiger partial charge in [0.15, 0.2) is 0 Å². The number of likely N-dealkylation sites (N-methyl/N-ethyl adjacent to an activating group) is 1. The fourth-order valence-electron chi connectivity index (χ4n) is 3.48. The third-order valence-electron chi connectivity index (χ3n) is 5.12. The van der Waals surface area contributed by atoms with Crippen molar-refractivity contribution < 1.29 is 12.4 Å². The van der Waals surface area contributed by atoms with Gasteiger partial charge in [-0.15, -0.1) is 0 Å². The summed E-state index contributed by atoms with van der Waals surface area (Å²) in [5.41, 5.74) is 1.60. The van der Waals surface area contributed by atoms with Gasteiger partial charge in [0.1, 0.15) is 5.41 Å². The van der Waals surface area contributed by atoms with Crippen molar-refractivity contribution in [1.82, 2.24) is 9.80 Å². The van der Waals surface area contributed by atoms with E-state index in [0.29, 0.717) is 0 Å². The molecule has 3 nitrogen and oxygen atoms in total. The number of nitrogens with zero attached hydrogens (tertiary/aromatic N) is 3. The summed E-state index contributed by atoms with van der Waals surface area (Å²) in [6.45, 7) is 5.33. The van der Waals surface area contributed by atoms with Crippen molar-refractivity contribution in [1.29, 1.82) is 5.26 Å². The van der Waals surface area contributed by atoms with Gasteiger partial charge in [0.05, 0.1) is 6.07 Å². The highest BCUT2D eigenvalue weighted by molar-refractivity contribution is 5.45. The monoisotopic (exact) mass is 354 g/mol. The van der Waals surface area contributed by atoms with Crippen LogP contribution in [0.15, 0.2) is 60.7 Å². The van der Waals surface area contributed by atoms with Crippen LogP contribution in [-0.4, -0.2) is 49.6 Å². The Hall–Kier alpha value is -1.86. The van der Waals surface area contributed by atoms with Crippen molar-refractivity contribution in [2.45, 2.75) is 11.8 Å². The molecule has 0 radical (unpaired) electrons. The summed E-state index contributed by atoms with van der Waals surface area (Å²) in [6, 6.07) is 23.1. The van der Waals surface area contributed by atoms with Crippen LogP contribution in [0, 0.1) is 11.3 Å². The van der Waals surface area contributed by atoms with Gasteiger partial charge in [-0.2, -0.15) is 5.26 Å². The molecule has 25 heavy (non-hydrogen) atoms. The third kappa shape index (κ3) is 4.41. The molecule has 3 rings (SSSR count). The lowest BCUT2D eigenvalue weighted by molar-refractivity contribution is -0.00000514. The highest BCUT2D eigenvalue weighted by Gasteiger charge is 2.34. The van der Waals surface area contributed by atoms with E-state index in [0.717, 1.165) is 50.3 Å². The molecule has 4 heteroatoms. The quantitative estimate of drug-likeness (QED) is 0.765. The van der Waals surface area contributed by atoms with Gasteiger partial charge in [0.2, 0.25) is 0 Å². The summed E-state index contributed by atoms with van der Waals surface area (Å²) < 4.78 is 0. The minimum absolute atomic E-state index is 0. The average Bonchev–Trinajstić information content (AvgIpc) is 2.66. The van der Waals surface area contributed by atoms with Crippen molar-refractivity contribution >= 4 is 0 Å². The zero-order chi connectivity index (χ0) is 16.8. The molecule has 0 aliphatic carbocycles. The molecule has 1 fully saturated rings. The number of nitriles is 1. The Kier molecular flexibility index (Phi) is 7.01. The Morgan fingerprint density at radius 1 is 0.880 bits per heavy atom. The first-order chi connectivity index (χ1) is 11.7. The zero-order valence-corrected chi connectivity index (χ0v) is 15.5. The minimum atomic E-state index is -0.578. The Balaban J connectivity index is 0.00000225. The highest BCUT2D eigenvalue weighted by Crippen LogP contribution is 2.35. The van der Waals surface area contributed by atoms with Crippen LogP contribution in [0.25, 0.3) is 0 Å². The number of benzene rings is 2. The van der Waals surface area contributed by atoms with E-state index in [-0.39, 0.29) is 12.4 Å². The normalized spacial score (nSPS) is 16.0. The largest absolute Gasteiger partial charge is 1.00 e. The molecule has 2 aromatic rings. The van der Waals surface area contributed by atoms with E-state index >= 15 is 0 Å². The number of piperazine rings is 1. The predicted molar refractivity (Wildman–Crippen MR) is 97.8 cm³/mol. The smallest absolute Gasteiger partial charge is 0.108 e. The van der Waals surface area contributed by atoms with Gasteiger partial charge in [-0.3, -0.25) is 0 Å². The van der Waals surface area contributed by atoms with E-state index in [2.05, 4.69) is 47.2 Å². The molecule has 0 amide bonds. The molecule has 0 atom stereocenters. The van der Waals surface area contributed by atoms with E-state index in [1.54, 1.807) is 0 Å². The lowest BCUT2D eigenvalue weighted by Crippen LogP contribution is -3.00. The summed E-state index contributed by atoms with van der Waals surface area (Å²) in [6.07, 6.45) is 0.821. The van der Waals surface area contributed by atoms with Crippen LogP contribution in [0.1, 0.15) is 17.5 Å². The number of halogens is 1. The highest BCUT2D eigenvalue weighted by atomic mass is 35.5. The van der Waals surface area contributed by atoms with Crippen molar-refractivity contribution in [3.8, 4) is 6.07 Å². The van der Waals surface area contributed by atoms with E-state index < -0.39 is 5.41 Å². The minimum Gasteiger partial charge on any atom is -1.00 e. The predicted octanol–water partition coefficient (Wildman–Crippen LogP) is 0.138. The molecular formula is C21H25ClN3-. The Morgan fingerprint density at radius 3 is 1.80 bits per heavy atom. The number of hydrogen-bond donors (Lipinski definition) is 0. The molecule has 1 heterocycles.